The van der Waals surface area contributed by atoms with Gasteiger partial charge < -0.3 is 20.3 Å². The number of guanidine groups is 1. The number of hydrogen-bond acceptors (Lipinski definition) is 5. The molecule has 1 aromatic rings. The second-order valence-corrected chi connectivity index (χ2v) is 5.19. The molecule has 2 heterocycles. The molecule has 0 amide bonds. The minimum Gasteiger partial charge on any atom is -0.480 e. The minimum absolute atomic E-state index is 0.546. The molecule has 20 heavy (non-hydrogen) atoms. The lowest BCUT2D eigenvalue weighted by atomic mass is 10.3. The molecule has 110 valence electrons. The number of aromatic nitrogens is 2. The number of piperazine rings is 1. The van der Waals surface area contributed by atoms with Crippen LogP contribution in [-0.4, -0.2) is 60.7 Å². The Morgan fingerprint density at radius 3 is 2.75 bits per heavy atom. The lowest BCUT2D eigenvalue weighted by Crippen LogP contribution is -2.51. The first-order valence-electron chi connectivity index (χ1n) is 6.52. The average Bonchev–Trinajstić information content (AvgIpc) is 2.48. The third kappa shape index (κ3) is 3.30. The van der Waals surface area contributed by atoms with Crippen LogP contribution in [0.5, 0.6) is 5.88 Å². The Morgan fingerprint density at radius 1 is 1.45 bits per heavy atom. The highest BCUT2D eigenvalue weighted by Crippen LogP contribution is 2.23. The van der Waals surface area contributed by atoms with Crippen LogP contribution in [0, 0.1) is 0 Å². The fourth-order valence-corrected chi connectivity index (χ4v) is 2.39. The van der Waals surface area contributed by atoms with Crippen LogP contribution in [-0.2, 0) is 0 Å². The third-order valence-electron chi connectivity index (χ3n) is 3.10. The molecule has 8 heteroatoms. The number of nitrogens with two attached hydrogens (primary N) is 1. The van der Waals surface area contributed by atoms with E-state index in [4.69, 9.17) is 10.5 Å². The highest BCUT2D eigenvalue weighted by molar-refractivity contribution is 9.10. The molecule has 1 aliphatic heterocycles. The summed E-state index contributed by atoms with van der Waals surface area (Å²) in [5, 5.41) is 0. The van der Waals surface area contributed by atoms with Gasteiger partial charge in [0.15, 0.2) is 5.96 Å². The maximum absolute atomic E-state index is 5.91. The van der Waals surface area contributed by atoms with E-state index in [1.165, 1.54) is 0 Å². The summed E-state index contributed by atoms with van der Waals surface area (Å²) in [4.78, 5) is 17.1. The summed E-state index contributed by atoms with van der Waals surface area (Å²) >= 11 is 3.35. The van der Waals surface area contributed by atoms with Gasteiger partial charge in [-0.25, -0.2) is 4.98 Å². The fourth-order valence-electron chi connectivity index (χ4n) is 2.04. The predicted molar refractivity (Wildman–Crippen MR) is 82.2 cm³/mol. The van der Waals surface area contributed by atoms with Crippen LogP contribution in [0.1, 0.15) is 6.92 Å². The van der Waals surface area contributed by atoms with Crippen molar-refractivity contribution in [3.8, 4) is 5.88 Å². The second kappa shape index (κ2) is 6.74. The van der Waals surface area contributed by atoms with E-state index >= 15 is 0 Å². The number of rotatable bonds is 3. The number of nitrogens with zero attached hydrogens (tertiary/aromatic N) is 5. The lowest BCUT2D eigenvalue weighted by Gasteiger charge is -2.35. The molecule has 0 saturated carbocycles. The van der Waals surface area contributed by atoms with Gasteiger partial charge in [-0.05, 0) is 22.9 Å². The van der Waals surface area contributed by atoms with Gasteiger partial charge in [-0.3, -0.25) is 4.99 Å². The van der Waals surface area contributed by atoms with E-state index in [1.807, 2.05) is 6.92 Å². The van der Waals surface area contributed by atoms with Gasteiger partial charge in [0.1, 0.15) is 0 Å². The van der Waals surface area contributed by atoms with Crippen LogP contribution >= 0.6 is 15.9 Å². The molecular weight excluding hydrogens is 324 g/mol. The fraction of sp³-hybridized carbons (Fsp3) is 0.583. The van der Waals surface area contributed by atoms with Gasteiger partial charge in [0, 0.05) is 32.7 Å². The van der Waals surface area contributed by atoms with Gasteiger partial charge in [-0.1, -0.05) is 0 Å². The molecule has 1 fully saturated rings. The Morgan fingerprint density at radius 2 is 2.15 bits per heavy atom. The topological polar surface area (TPSA) is 79.9 Å². The molecule has 2 rings (SSSR count). The van der Waals surface area contributed by atoms with E-state index in [1.54, 1.807) is 13.3 Å². The van der Waals surface area contributed by atoms with Crippen molar-refractivity contribution >= 4 is 27.8 Å². The number of methoxy groups -OCH3 is 1. The highest BCUT2D eigenvalue weighted by Gasteiger charge is 2.20. The van der Waals surface area contributed by atoms with E-state index < -0.39 is 0 Å². The molecule has 0 aromatic carbocycles. The predicted octanol–water partition coefficient (Wildman–Crippen LogP) is 0.704. The Kier molecular flexibility index (Phi) is 4.99. The normalized spacial score (nSPS) is 16.4. The molecule has 1 aliphatic rings. The Balaban J connectivity index is 2.02. The van der Waals surface area contributed by atoms with Gasteiger partial charge >= 0.3 is 0 Å². The van der Waals surface area contributed by atoms with Gasteiger partial charge in [-0.15, -0.1) is 0 Å². The highest BCUT2D eigenvalue weighted by atomic mass is 79.9. The Labute approximate surface area is 127 Å². The van der Waals surface area contributed by atoms with E-state index in [9.17, 15) is 0 Å². The summed E-state index contributed by atoms with van der Waals surface area (Å²) in [5.41, 5.74) is 5.91. The van der Waals surface area contributed by atoms with E-state index in [-0.39, 0.29) is 0 Å². The quantitative estimate of drug-likeness (QED) is 0.643. The van der Waals surface area contributed by atoms with Crippen LogP contribution in [0.15, 0.2) is 15.7 Å². The number of aliphatic imine (C=N–C) groups is 1. The zero-order valence-electron chi connectivity index (χ0n) is 11.7. The van der Waals surface area contributed by atoms with Crippen molar-refractivity contribution in [2.75, 3.05) is 44.7 Å². The molecule has 1 saturated heterocycles. The van der Waals surface area contributed by atoms with Gasteiger partial charge in [-0.2, -0.15) is 4.98 Å². The van der Waals surface area contributed by atoms with Crippen LogP contribution in [0.4, 0.5) is 5.95 Å². The zero-order chi connectivity index (χ0) is 14.5. The van der Waals surface area contributed by atoms with Crippen molar-refractivity contribution in [2.45, 2.75) is 6.92 Å². The summed E-state index contributed by atoms with van der Waals surface area (Å²) in [6.07, 6.45) is 1.71. The monoisotopic (exact) mass is 342 g/mol. The number of anilines is 1. The first-order valence-corrected chi connectivity index (χ1v) is 7.31. The summed E-state index contributed by atoms with van der Waals surface area (Å²) < 4.78 is 5.95. The lowest BCUT2D eigenvalue weighted by molar-refractivity contribution is 0.373. The maximum atomic E-state index is 5.91. The van der Waals surface area contributed by atoms with Crippen molar-refractivity contribution in [3.63, 3.8) is 0 Å². The molecule has 0 aliphatic carbocycles. The Hall–Kier alpha value is -1.57. The summed E-state index contributed by atoms with van der Waals surface area (Å²) in [5.74, 6) is 1.83. The van der Waals surface area contributed by atoms with Crippen molar-refractivity contribution in [1.29, 1.82) is 0 Å². The van der Waals surface area contributed by atoms with Crippen LogP contribution in [0.3, 0.4) is 0 Å². The van der Waals surface area contributed by atoms with Gasteiger partial charge in [0.25, 0.3) is 0 Å². The molecular formula is C12H19BrN6O. The SMILES string of the molecule is CCN=C(N)N1CCN(c2ncc(Br)c(OC)n2)CC1. The molecule has 7 nitrogen and oxygen atoms in total. The first kappa shape index (κ1) is 14.8. The average molecular weight is 343 g/mol. The standard InChI is InChI=1S/C12H19BrN6O/c1-3-15-11(14)18-4-6-19(7-5-18)12-16-8-9(13)10(17-12)20-2/h8H,3-7H2,1-2H3,(H2,14,15). The Bertz CT molecular complexity index is 487. The summed E-state index contributed by atoms with van der Waals surface area (Å²) in [7, 11) is 1.59. The summed E-state index contributed by atoms with van der Waals surface area (Å²) in [6.45, 7) is 5.94. The van der Waals surface area contributed by atoms with Crippen molar-refractivity contribution in [2.24, 2.45) is 10.7 Å². The number of ether oxygens (including phenoxy) is 1. The van der Waals surface area contributed by atoms with Crippen molar-refractivity contribution in [1.82, 2.24) is 14.9 Å². The van der Waals surface area contributed by atoms with Crippen molar-refractivity contribution < 1.29 is 4.74 Å². The van der Waals surface area contributed by atoms with E-state index in [2.05, 4.69) is 40.7 Å². The molecule has 0 radical (unpaired) electrons. The van der Waals surface area contributed by atoms with Crippen molar-refractivity contribution in [3.05, 3.63) is 10.7 Å². The molecule has 0 bridgehead atoms. The third-order valence-corrected chi connectivity index (χ3v) is 3.64. The first-order chi connectivity index (χ1) is 9.65. The largest absolute Gasteiger partial charge is 0.480 e. The molecule has 0 unspecified atom stereocenters. The van der Waals surface area contributed by atoms with Crippen LogP contribution < -0.4 is 15.4 Å². The van der Waals surface area contributed by atoms with E-state index in [0.29, 0.717) is 24.3 Å². The van der Waals surface area contributed by atoms with Crippen LogP contribution in [0.25, 0.3) is 0 Å². The van der Waals surface area contributed by atoms with Gasteiger partial charge in [0.05, 0.1) is 17.8 Å². The zero-order valence-corrected chi connectivity index (χ0v) is 13.3. The van der Waals surface area contributed by atoms with E-state index in [0.717, 1.165) is 30.7 Å². The molecule has 2 N–H and O–H groups in total. The smallest absolute Gasteiger partial charge is 0.232 e. The van der Waals surface area contributed by atoms with Gasteiger partial charge in [0.2, 0.25) is 11.8 Å². The van der Waals surface area contributed by atoms with Crippen LogP contribution in [0.2, 0.25) is 0 Å². The number of halogens is 1. The molecule has 0 spiro atoms. The second-order valence-electron chi connectivity index (χ2n) is 4.33. The maximum Gasteiger partial charge on any atom is 0.232 e. The number of hydrogen-bond donors (Lipinski definition) is 1. The summed E-state index contributed by atoms with van der Waals surface area (Å²) in [6, 6.07) is 0. The molecule has 1 aromatic heterocycles. The minimum atomic E-state index is 0.546. The molecule has 0 atom stereocenters.